The molecule has 184 valence electrons. The SMILES string of the molecule is O=C(c1cccs1)N1CCN(C(=O)c2cc(Cn3c(=O)[nH]c(=O)c4c(Cl)cccc43)ccc2F)CC1. The number of hydrogen-bond acceptors (Lipinski definition) is 5. The minimum atomic E-state index is -0.678. The number of rotatable bonds is 4. The van der Waals surface area contributed by atoms with Gasteiger partial charge in [0, 0.05) is 26.2 Å². The van der Waals surface area contributed by atoms with E-state index in [2.05, 4.69) is 4.98 Å². The molecular formula is C25H20ClFN4O4S. The first-order valence-corrected chi connectivity index (χ1v) is 12.4. The van der Waals surface area contributed by atoms with Crippen LogP contribution in [0.2, 0.25) is 5.02 Å². The van der Waals surface area contributed by atoms with E-state index in [0.29, 0.717) is 29.0 Å². The second kappa shape index (κ2) is 9.71. The first-order chi connectivity index (χ1) is 17.3. The topological polar surface area (TPSA) is 95.5 Å². The Morgan fingerprint density at radius 2 is 1.69 bits per heavy atom. The third-order valence-corrected chi connectivity index (χ3v) is 7.34. The van der Waals surface area contributed by atoms with Crippen molar-refractivity contribution in [2.24, 2.45) is 0 Å². The Balaban J connectivity index is 1.37. The van der Waals surface area contributed by atoms with E-state index in [9.17, 15) is 23.6 Å². The van der Waals surface area contributed by atoms with Crippen molar-refractivity contribution in [3.63, 3.8) is 0 Å². The molecule has 0 unspecified atom stereocenters. The molecule has 3 heterocycles. The number of aromatic nitrogens is 2. The summed E-state index contributed by atoms with van der Waals surface area (Å²) in [7, 11) is 0. The van der Waals surface area contributed by atoms with Crippen molar-refractivity contribution in [1.29, 1.82) is 0 Å². The van der Waals surface area contributed by atoms with Crippen LogP contribution in [0.25, 0.3) is 10.9 Å². The molecular weight excluding hydrogens is 507 g/mol. The van der Waals surface area contributed by atoms with Gasteiger partial charge >= 0.3 is 5.69 Å². The van der Waals surface area contributed by atoms with Gasteiger partial charge in [0.15, 0.2) is 0 Å². The van der Waals surface area contributed by atoms with E-state index in [1.807, 2.05) is 11.4 Å². The van der Waals surface area contributed by atoms with Gasteiger partial charge in [-0.05, 0) is 41.3 Å². The Morgan fingerprint density at radius 3 is 2.39 bits per heavy atom. The average Bonchev–Trinajstić information content (AvgIpc) is 3.41. The molecule has 8 nitrogen and oxygen atoms in total. The molecule has 36 heavy (non-hydrogen) atoms. The fourth-order valence-corrected chi connectivity index (χ4v) is 5.26. The number of piperazine rings is 1. The Kier molecular flexibility index (Phi) is 6.46. The highest BCUT2D eigenvalue weighted by molar-refractivity contribution is 7.12. The predicted octanol–water partition coefficient (Wildman–Crippen LogP) is 3.19. The number of benzene rings is 2. The van der Waals surface area contributed by atoms with E-state index in [1.165, 1.54) is 39.0 Å². The van der Waals surface area contributed by atoms with Gasteiger partial charge < -0.3 is 9.80 Å². The first kappa shape index (κ1) is 24.0. The lowest BCUT2D eigenvalue weighted by Gasteiger charge is -2.34. The number of fused-ring (bicyclic) bond motifs is 1. The fourth-order valence-electron chi connectivity index (χ4n) is 4.31. The maximum Gasteiger partial charge on any atom is 0.329 e. The molecule has 5 rings (SSSR count). The van der Waals surface area contributed by atoms with Gasteiger partial charge in [0.2, 0.25) is 0 Å². The predicted molar refractivity (Wildman–Crippen MR) is 135 cm³/mol. The molecule has 1 saturated heterocycles. The minimum Gasteiger partial charge on any atom is -0.335 e. The van der Waals surface area contributed by atoms with Crippen LogP contribution in [0.4, 0.5) is 4.39 Å². The summed E-state index contributed by atoms with van der Waals surface area (Å²) in [6.45, 7) is 1.26. The largest absolute Gasteiger partial charge is 0.335 e. The second-order valence-corrected chi connectivity index (χ2v) is 9.71. The third-order valence-electron chi connectivity index (χ3n) is 6.16. The Bertz CT molecular complexity index is 1590. The average molecular weight is 527 g/mol. The molecule has 0 bridgehead atoms. The number of H-pyrrole nitrogens is 1. The van der Waals surface area contributed by atoms with Crippen LogP contribution in [0.15, 0.2) is 63.5 Å². The summed E-state index contributed by atoms with van der Waals surface area (Å²) in [5.41, 5.74) is -0.519. The number of nitrogens with zero attached hydrogens (tertiary/aromatic N) is 3. The van der Waals surface area contributed by atoms with Crippen molar-refractivity contribution in [2.75, 3.05) is 26.2 Å². The zero-order chi connectivity index (χ0) is 25.4. The van der Waals surface area contributed by atoms with Crippen molar-refractivity contribution in [3.05, 3.63) is 102 Å². The molecule has 0 aliphatic carbocycles. The summed E-state index contributed by atoms with van der Waals surface area (Å²) in [6.07, 6.45) is 0. The lowest BCUT2D eigenvalue weighted by molar-refractivity contribution is 0.0535. The van der Waals surface area contributed by atoms with Gasteiger partial charge in [-0.3, -0.25) is 23.9 Å². The molecule has 0 spiro atoms. The first-order valence-electron chi connectivity index (χ1n) is 11.2. The Hall–Kier alpha value is -3.76. The summed E-state index contributed by atoms with van der Waals surface area (Å²) < 4.78 is 16.0. The molecule has 1 N–H and O–H groups in total. The molecule has 0 radical (unpaired) electrons. The number of amides is 2. The molecule has 11 heteroatoms. The van der Waals surface area contributed by atoms with Crippen molar-refractivity contribution < 1.29 is 14.0 Å². The second-order valence-electron chi connectivity index (χ2n) is 8.36. The summed E-state index contributed by atoms with van der Waals surface area (Å²) in [4.78, 5) is 56.6. The molecule has 2 aromatic heterocycles. The number of halogens is 2. The highest BCUT2D eigenvalue weighted by atomic mass is 35.5. The summed E-state index contributed by atoms with van der Waals surface area (Å²) in [5.74, 6) is -1.24. The Morgan fingerprint density at radius 1 is 0.972 bits per heavy atom. The van der Waals surface area contributed by atoms with Gasteiger partial charge in [0.1, 0.15) is 5.82 Å². The maximum absolute atomic E-state index is 14.7. The van der Waals surface area contributed by atoms with Crippen LogP contribution in [-0.4, -0.2) is 57.3 Å². The molecule has 0 saturated carbocycles. The standard InChI is InChI=1S/C25H20ClFN4O4S/c26-17-3-1-4-19-21(17)22(32)28-25(35)31(19)14-15-6-7-18(27)16(13-15)23(33)29-8-10-30(11-9-29)24(34)20-5-2-12-36-20/h1-7,12-13H,8-11,14H2,(H,28,32,35). The number of aromatic amines is 1. The third kappa shape index (κ3) is 4.45. The van der Waals surface area contributed by atoms with E-state index < -0.39 is 23.0 Å². The molecule has 1 aliphatic rings. The lowest BCUT2D eigenvalue weighted by Crippen LogP contribution is -2.50. The van der Waals surface area contributed by atoms with E-state index in [0.717, 1.165) is 0 Å². The molecule has 4 aromatic rings. The van der Waals surface area contributed by atoms with Crippen molar-refractivity contribution in [1.82, 2.24) is 19.4 Å². The number of hydrogen-bond donors (Lipinski definition) is 1. The zero-order valence-corrected chi connectivity index (χ0v) is 20.4. The van der Waals surface area contributed by atoms with Crippen molar-refractivity contribution >= 4 is 45.7 Å². The molecule has 0 atom stereocenters. The van der Waals surface area contributed by atoms with Gasteiger partial charge in [0.05, 0.1) is 32.9 Å². The zero-order valence-electron chi connectivity index (χ0n) is 18.9. The monoisotopic (exact) mass is 526 g/mol. The van der Waals surface area contributed by atoms with Gasteiger partial charge in [0.25, 0.3) is 17.4 Å². The molecule has 2 amide bonds. The number of carbonyl (C=O) groups excluding carboxylic acids is 2. The van der Waals surface area contributed by atoms with E-state index in [1.54, 1.807) is 29.2 Å². The highest BCUT2D eigenvalue weighted by Crippen LogP contribution is 2.21. The van der Waals surface area contributed by atoms with E-state index >= 15 is 0 Å². The van der Waals surface area contributed by atoms with Crippen LogP contribution in [-0.2, 0) is 6.54 Å². The van der Waals surface area contributed by atoms with Crippen LogP contribution in [0, 0.1) is 5.82 Å². The lowest BCUT2D eigenvalue weighted by atomic mass is 10.1. The van der Waals surface area contributed by atoms with Crippen LogP contribution >= 0.6 is 22.9 Å². The molecule has 2 aromatic carbocycles. The van der Waals surface area contributed by atoms with Crippen molar-refractivity contribution in [3.8, 4) is 0 Å². The van der Waals surface area contributed by atoms with E-state index in [-0.39, 0.29) is 41.5 Å². The molecule has 1 aliphatic heterocycles. The summed E-state index contributed by atoms with van der Waals surface area (Å²) in [6, 6.07) is 12.4. The quantitative estimate of drug-likeness (QED) is 0.442. The van der Waals surface area contributed by atoms with Crippen molar-refractivity contribution in [2.45, 2.75) is 6.54 Å². The molecule has 1 fully saturated rings. The number of nitrogens with one attached hydrogen (secondary N) is 1. The van der Waals surface area contributed by atoms with Gasteiger partial charge in [-0.2, -0.15) is 0 Å². The normalized spacial score (nSPS) is 13.8. The van der Waals surface area contributed by atoms with Gasteiger partial charge in [-0.25, -0.2) is 9.18 Å². The van der Waals surface area contributed by atoms with Gasteiger partial charge in [-0.15, -0.1) is 11.3 Å². The number of thiophene rings is 1. The maximum atomic E-state index is 14.7. The van der Waals surface area contributed by atoms with Crippen LogP contribution in [0.3, 0.4) is 0 Å². The number of carbonyl (C=O) groups is 2. The van der Waals surface area contributed by atoms with Crippen LogP contribution in [0.1, 0.15) is 25.6 Å². The van der Waals surface area contributed by atoms with E-state index in [4.69, 9.17) is 11.6 Å². The minimum absolute atomic E-state index is 0.00386. The van der Waals surface area contributed by atoms with Gasteiger partial charge in [-0.1, -0.05) is 29.8 Å². The summed E-state index contributed by atoms with van der Waals surface area (Å²) in [5, 5.41) is 2.21. The summed E-state index contributed by atoms with van der Waals surface area (Å²) >= 11 is 7.53. The fraction of sp³-hybridized carbons (Fsp3) is 0.200. The highest BCUT2D eigenvalue weighted by Gasteiger charge is 2.27. The smallest absolute Gasteiger partial charge is 0.329 e. The Labute approximate surface area is 213 Å². The van der Waals surface area contributed by atoms with Crippen LogP contribution < -0.4 is 11.2 Å². The van der Waals surface area contributed by atoms with Crippen LogP contribution in [0.5, 0.6) is 0 Å².